The molecule has 0 bridgehead atoms. The van der Waals surface area contributed by atoms with Crippen LogP contribution in [0.5, 0.6) is 0 Å². The maximum atomic E-state index is 12.9. The van der Waals surface area contributed by atoms with Crippen molar-refractivity contribution in [1.29, 1.82) is 0 Å². The number of imide groups is 1. The lowest BCUT2D eigenvalue weighted by molar-refractivity contribution is -0.123. The number of carbonyl (C=O) groups is 2. The molecule has 1 saturated heterocycles. The van der Waals surface area contributed by atoms with Crippen molar-refractivity contribution in [3.63, 3.8) is 0 Å². The van der Waals surface area contributed by atoms with E-state index in [0.717, 1.165) is 40.0 Å². The van der Waals surface area contributed by atoms with Crippen molar-refractivity contribution in [2.75, 3.05) is 0 Å². The van der Waals surface area contributed by atoms with Gasteiger partial charge in [-0.1, -0.05) is 29.8 Å². The van der Waals surface area contributed by atoms with Gasteiger partial charge in [-0.3, -0.25) is 14.5 Å². The van der Waals surface area contributed by atoms with Crippen molar-refractivity contribution >= 4 is 40.6 Å². The number of hydrogen-bond acceptors (Lipinski definition) is 3. The molecule has 6 heteroatoms. The first kappa shape index (κ1) is 21.5. The zero-order valence-electron chi connectivity index (χ0n) is 17.9. The number of thioether (sulfide) groups is 1. The van der Waals surface area contributed by atoms with Crippen LogP contribution in [0, 0.1) is 27.7 Å². The van der Waals surface area contributed by atoms with Crippen LogP contribution in [0.25, 0.3) is 11.8 Å². The fourth-order valence-corrected chi connectivity index (χ4v) is 5.05. The summed E-state index contributed by atoms with van der Waals surface area (Å²) in [5.74, 6) is -0.272. The lowest BCUT2D eigenvalue weighted by Gasteiger charge is -2.12. The Morgan fingerprint density at radius 1 is 0.968 bits per heavy atom. The zero-order chi connectivity index (χ0) is 22.3. The fraction of sp³-hybridized carbons (Fsp3) is 0.200. The average molecular weight is 451 g/mol. The Balaban J connectivity index is 1.65. The Bertz CT molecular complexity index is 1220. The van der Waals surface area contributed by atoms with Gasteiger partial charge in [0, 0.05) is 22.1 Å². The van der Waals surface area contributed by atoms with E-state index >= 15 is 0 Å². The van der Waals surface area contributed by atoms with Crippen molar-refractivity contribution in [3.8, 4) is 5.69 Å². The molecule has 0 spiro atoms. The molecule has 0 atom stereocenters. The summed E-state index contributed by atoms with van der Waals surface area (Å²) in [5, 5.41) is 0.318. The minimum absolute atomic E-state index is 0.212. The predicted molar refractivity (Wildman–Crippen MR) is 128 cm³/mol. The topological polar surface area (TPSA) is 42.3 Å². The first-order valence-electron chi connectivity index (χ1n) is 10.0. The summed E-state index contributed by atoms with van der Waals surface area (Å²) in [6.45, 7) is 8.47. The normalized spacial score (nSPS) is 15.4. The summed E-state index contributed by atoms with van der Waals surface area (Å²) in [7, 11) is 0. The molecule has 2 aromatic carbocycles. The molecular weight excluding hydrogens is 428 g/mol. The highest BCUT2D eigenvalue weighted by atomic mass is 35.5. The van der Waals surface area contributed by atoms with E-state index in [2.05, 4.69) is 42.7 Å². The van der Waals surface area contributed by atoms with Gasteiger partial charge < -0.3 is 4.57 Å². The average Bonchev–Trinajstić information content (AvgIpc) is 3.11. The number of carbonyl (C=O) groups excluding carboxylic acids is 2. The van der Waals surface area contributed by atoms with Gasteiger partial charge in [0.15, 0.2) is 0 Å². The molecule has 0 N–H and O–H groups in total. The molecule has 0 saturated carbocycles. The molecule has 158 valence electrons. The van der Waals surface area contributed by atoms with Crippen LogP contribution in [0.2, 0.25) is 5.02 Å². The summed E-state index contributed by atoms with van der Waals surface area (Å²) < 4.78 is 2.18. The zero-order valence-corrected chi connectivity index (χ0v) is 19.5. The number of nitrogens with zero attached hydrogens (tertiary/aromatic N) is 2. The minimum Gasteiger partial charge on any atom is -0.318 e. The van der Waals surface area contributed by atoms with Gasteiger partial charge in [0.25, 0.3) is 11.1 Å². The van der Waals surface area contributed by atoms with E-state index < -0.39 is 0 Å². The van der Waals surface area contributed by atoms with Gasteiger partial charge in [0.05, 0.1) is 11.4 Å². The van der Waals surface area contributed by atoms with Crippen molar-refractivity contribution in [2.45, 2.75) is 34.2 Å². The van der Waals surface area contributed by atoms with E-state index in [1.54, 1.807) is 12.1 Å². The number of benzene rings is 2. The molecule has 1 aromatic heterocycles. The summed E-state index contributed by atoms with van der Waals surface area (Å²) >= 11 is 7.02. The third-order valence-corrected chi connectivity index (χ3v) is 6.47. The third-order valence-electron chi connectivity index (χ3n) is 5.32. The molecule has 1 aliphatic rings. The Morgan fingerprint density at radius 3 is 2.35 bits per heavy atom. The number of aromatic nitrogens is 1. The predicted octanol–water partition coefficient (Wildman–Crippen LogP) is 6.60. The number of rotatable bonds is 4. The Kier molecular flexibility index (Phi) is 5.82. The van der Waals surface area contributed by atoms with Gasteiger partial charge in [0.2, 0.25) is 0 Å². The molecule has 1 aliphatic heterocycles. The Labute approximate surface area is 191 Å². The van der Waals surface area contributed by atoms with Crippen LogP contribution in [-0.4, -0.2) is 20.6 Å². The highest BCUT2D eigenvalue weighted by Gasteiger charge is 2.35. The highest BCUT2D eigenvalue weighted by molar-refractivity contribution is 8.18. The molecule has 2 amide bonds. The largest absolute Gasteiger partial charge is 0.318 e. The van der Waals surface area contributed by atoms with E-state index in [0.29, 0.717) is 9.93 Å². The van der Waals surface area contributed by atoms with Crippen molar-refractivity contribution in [2.24, 2.45) is 0 Å². The summed E-state index contributed by atoms with van der Waals surface area (Å²) in [5.41, 5.74) is 7.36. The van der Waals surface area contributed by atoms with Crippen LogP contribution < -0.4 is 0 Å². The fourth-order valence-electron chi connectivity index (χ4n) is 4.01. The van der Waals surface area contributed by atoms with E-state index in [1.807, 2.05) is 32.1 Å². The lowest BCUT2D eigenvalue weighted by Crippen LogP contribution is -2.27. The van der Waals surface area contributed by atoms with Gasteiger partial charge >= 0.3 is 0 Å². The monoisotopic (exact) mass is 450 g/mol. The molecule has 1 fully saturated rings. The molecule has 0 radical (unpaired) electrons. The second kappa shape index (κ2) is 8.40. The van der Waals surface area contributed by atoms with Crippen LogP contribution in [-0.2, 0) is 11.3 Å². The third kappa shape index (κ3) is 4.34. The molecule has 2 heterocycles. The summed E-state index contributed by atoms with van der Waals surface area (Å²) in [6.07, 6.45) is 1.82. The van der Waals surface area contributed by atoms with E-state index in [9.17, 15) is 9.59 Å². The van der Waals surface area contributed by atoms with Crippen LogP contribution in [0.1, 0.15) is 33.6 Å². The van der Waals surface area contributed by atoms with Crippen molar-refractivity contribution in [3.05, 3.63) is 92.1 Å². The molecule has 0 aliphatic carbocycles. The SMILES string of the molecule is Cc1cc(C)cc(-n2c(C)cc(/C=C3\SC(=O)N(Cc4cccc(Cl)c4)C3=O)c2C)c1. The number of hydrogen-bond donors (Lipinski definition) is 0. The van der Waals surface area contributed by atoms with Gasteiger partial charge in [-0.05, 0) is 98.1 Å². The van der Waals surface area contributed by atoms with Gasteiger partial charge in [-0.15, -0.1) is 0 Å². The first-order chi connectivity index (χ1) is 14.7. The van der Waals surface area contributed by atoms with Crippen LogP contribution >= 0.6 is 23.4 Å². The first-order valence-corrected chi connectivity index (χ1v) is 11.2. The summed E-state index contributed by atoms with van der Waals surface area (Å²) in [4.78, 5) is 27.2. The van der Waals surface area contributed by atoms with E-state index in [-0.39, 0.29) is 17.7 Å². The number of aryl methyl sites for hydroxylation is 3. The number of halogens is 1. The molecule has 0 unspecified atom stereocenters. The van der Waals surface area contributed by atoms with Crippen molar-refractivity contribution < 1.29 is 9.59 Å². The lowest BCUT2D eigenvalue weighted by atomic mass is 10.1. The van der Waals surface area contributed by atoms with Crippen LogP contribution in [0.4, 0.5) is 4.79 Å². The van der Waals surface area contributed by atoms with Gasteiger partial charge in [-0.25, -0.2) is 0 Å². The maximum absolute atomic E-state index is 12.9. The molecule has 3 aromatic rings. The molecule has 31 heavy (non-hydrogen) atoms. The second-order valence-corrected chi connectivity index (χ2v) is 9.34. The molecule has 4 nitrogen and oxygen atoms in total. The van der Waals surface area contributed by atoms with E-state index in [1.165, 1.54) is 16.0 Å². The summed E-state index contributed by atoms with van der Waals surface area (Å²) in [6, 6.07) is 15.7. The quantitative estimate of drug-likeness (QED) is 0.420. The molecule has 4 rings (SSSR count). The Morgan fingerprint density at radius 2 is 1.68 bits per heavy atom. The van der Waals surface area contributed by atoms with Crippen LogP contribution in [0.3, 0.4) is 0 Å². The number of amides is 2. The second-order valence-electron chi connectivity index (χ2n) is 7.91. The highest BCUT2D eigenvalue weighted by Crippen LogP contribution is 2.35. The Hall–Kier alpha value is -2.76. The standard InChI is InChI=1S/C25H23ClN2O2S/c1-15-8-16(2)10-22(9-15)28-17(3)11-20(18(28)4)13-23-24(29)27(25(30)31-23)14-19-6-5-7-21(26)12-19/h5-13H,14H2,1-4H3/b23-13-. The van der Waals surface area contributed by atoms with Gasteiger partial charge in [0.1, 0.15) is 0 Å². The van der Waals surface area contributed by atoms with Crippen molar-refractivity contribution in [1.82, 2.24) is 9.47 Å². The maximum Gasteiger partial charge on any atom is 0.293 e. The minimum atomic E-state index is -0.272. The van der Waals surface area contributed by atoms with Gasteiger partial charge in [-0.2, -0.15) is 0 Å². The molecular formula is C25H23ClN2O2S. The smallest absolute Gasteiger partial charge is 0.293 e. The van der Waals surface area contributed by atoms with E-state index in [4.69, 9.17) is 11.6 Å². The van der Waals surface area contributed by atoms with Crippen LogP contribution in [0.15, 0.2) is 53.4 Å².